The largest absolute Gasteiger partial charge is 0.261 e. The zero-order chi connectivity index (χ0) is 6.95. The highest BCUT2D eigenvalue weighted by molar-refractivity contribution is 4.41. The first-order valence-corrected chi connectivity index (χ1v) is 3.81. The standard InChI is InChI=1S/C7H18N2/c1-3-4-5-6-7-9-8-2/h8-9H,3-7H2,1-2H3. The molecule has 0 aromatic rings. The van der Waals surface area contributed by atoms with Gasteiger partial charge in [0, 0.05) is 6.54 Å². The van der Waals surface area contributed by atoms with Gasteiger partial charge in [-0.05, 0) is 13.5 Å². The quantitative estimate of drug-likeness (QED) is 0.418. The molecule has 0 amide bonds. The summed E-state index contributed by atoms with van der Waals surface area (Å²) in [7, 11) is 1.90. The lowest BCUT2D eigenvalue weighted by molar-refractivity contribution is 0.548. The Morgan fingerprint density at radius 1 is 1.11 bits per heavy atom. The van der Waals surface area contributed by atoms with Crippen molar-refractivity contribution in [2.45, 2.75) is 32.6 Å². The number of nitrogens with one attached hydrogen (secondary N) is 2. The number of hydrogen-bond donors (Lipinski definition) is 2. The van der Waals surface area contributed by atoms with Crippen molar-refractivity contribution in [2.24, 2.45) is 0 Å². The maximum atomic E-state index is 3.06. The van der Waals surface area contributed by atoms with Gasteiger partial charge in [0.25, 0.3) is 0 Å². The van der Waals surface area contributed by atoms with Crippen molar-refractivity contribution in [1.82, 2.24) is 10.9 Å². The second-order valence-electron chi connectivity index (χ2n) is 2.24. The molecule has 0 aromatic heterocycles. The van der Waals surface area contributed by atoms with Crippen LogP contribution in [0.2, 0.25) is 0 Å². The van der Waals surface area contributed by atoms with Crippen LogP contribution in [-0.2, 0) is 0 Å². The van der Waals surface area contributed by atoms with Gasteiger partial charge in [-0.1, -0.05) is 26.2 Å². The van der Waals surface area contributed by atoms with E-state index in [4.69, 9.17) is 0 Å². The lowest BCUT2D eigenvalue weighted by atomic mass is 10.2. The van der Waals surface area contributed by atoms with Gasteiger partial charge >= 0.3 is 0 Å². The fourth-order valence-electron chi connectivity index (χ4n) is 0.765. The minimum absolute atomic E-state index is 1.09. The van der Waals surface area contributed by atoms with Crippen LogP contribution in [0.4, 0.5) is 0 Å². The summed E-state index contributed by atoms with van der Waals surface area (Å²) in [5, 5.41) is 0. The molecule has 0 fully saturated rings. The fraction of sp³-hybridized carbons (Fsp3) is 1.00. The van der Waals surface area contributed by atoms with Gasteiger partial charge in [-0.15, -0.1) is 0 Å². The first kappa shape index (κ1) is 8.92. The van der Waals surface area contributed by atoms with Crippen molar-refractivity contribution in [3.8, 4) is 0 Å². The maximum absolute atomic E-state index is 3.06. The van der Waals surface area contributed by atoms with Crippen LogP contribution in [0, 0.1) is 0 Å². The lowest BCUT2D eigenvalue weighted by Crippen LogP contribution is -2.28. The molecule has 2 N–H and O–H groups in total. The van der Waals surface area contributed by atoms with Gasteiger partial charge in [0.1, 0.15) is 0 Å². The van der Waals surface area contributed by atoms with E-state index in [1.54, 1.807) is 0 Å². The van der Waals surface area contributed by atoms with E-state index in [2.05, 4.69) is 17.8 Å². The van der Waals surface area contributed by atoms with Crippen molar-refractivity contribution in [3.05, 3.63) is 0 Å². The van der Waals surface area contributed by atoms with Crippen LogP contribution in [0.1, 0.15) is 32.6 Å². The molecule has 2 nitrogen and oxygen atoms in total. The van der Waals surface area contributed by atoms with Crippen molar-refractivity contribution < 1.29 is 0 Å². The topological polar surface area (TPSA) is 24.1 Å². The van der Waals surface area contributed by atoms with Crippen molar-refractivity contribution in [1.29, 1.82) is 0 Å². The third kappa shape index (κ3) is 7.92. The average molecular weight is 130 g/mol. The van der Waals surface area contributed by atoms with E-state index < -0.39 is 0 Å². The Morgan fingerprint density at radius 3 is 2.44 bits per heavy atom. The van der Waals surface area contributed by atoms with Crippen LogP contribution in [0.25, 0.3) is 0 Å². The third-order valence-corrected chi connectivity index (χ3v) is 1.33. The van der Waals surface area contributed by atoms with Gasteiger partial charge in [0.15, 0.2) is 0 Å². The molecular formula is C7H18N2. The van der Waals surface area contributed by atoms with Gasteiger partial charge < -0.3 is 0 Å². The number of unbranched alkanes of at least 4 members (excludes halogenated alkanes) is 3. The maximum Gasteiger partial charge on any atom is 0.00996 e. The van der Waals surface area contributed by atoms with E-state index in [-0.39, 0.29) is 0 Å². The molecular weight excluding hydrogens is 112 g/mol. The highest BCUT2D eigenvalue weighted by Crippen LogP contribution is 1.96. The zero-order valence-electron chi connectivity index (χ0n) is 6.54. The predicted octanol–water partition coefficient (Wildman–Crippen LogP) is 1.29. The molecule has 0 saturated carbocycles. The number of hydrazine groups is 1. The molecule has 0 radical (unpaired) electrons. The van der Waals surface area contributed by atoms with Gasteiger partial charge in [-0.3, -0.25) is 10.9 Å². The highest BCUT2D eigenvalue weighted by atomic mass is 15.3. The van der Waals surface area contributed by atoms with Crippen LogP contribution in [0.3, 0.4) is 0 Å². The molecule has 56 valence electrons. The summed E-state index contributed by atoms with van der Waals surface area (Å²) in [5.74, 6) is 0. The second kappa shape index (κ2) is 7.92. The smallest absolute Gasteiger partial charge is 0.00996 e. The van der Waals surface area contributed by atoms with Crippen LogP contribution in [0.5, 0.6) is 0 Å². The first-order valence-electron chi connectivity index (χ1n) is 3.81. The van der Waals surface area contributed by atoms with Crippen molar-refractivity contribution in [3.63, 3.8) is 0 Å². The van der Waals surface area contributed by atoms with E-state index in [1.807, 2.05) is 7.05 Å². The van der Waals surface area contributed by atoms with Crippen LogP contribution >= 0.6 is 0 Å². The Balaban J connectivity index is 2.60. The first-order chi connectivity index (χ1) is 4.41. The minimum Gasteiger partial charge on any atom is -0.261 e. The SMILES string of the molecule is CCCCCCNNC. The molecule has 0 aliphatic carbocycles. The molecule has 2 heteroatoms. The molecule has 0 saturated heterocycles. The highest BCUT2D eigenvalue weighted by Gasteiger charge is 1.84. The summed E-state index contributed by atoms with van der Waals surface area (Å²) in [6, 6.07) is 0. The summed E-state index contributed by atoms with van der Waals surface area (Å²) in [5.41, 5.74) is 5.95. The number of hydrogen-bond acceptors (Lipinski definition) is 2. The molecule has 9 heavy (non-hydrogen) atoms. The average Bonchev–Trinajstić information content (AvgIpc) is 1.89. The Morgan fingerprint density at radius 2 is 1.89 bits per heavy atom. The van der Waals surface area contributed by atoms with Gasteiger partial charge in [0.2, 0.25) is 0 Å². The lowest BCUT2D eigenvalue weighted by Gasteiger charge is -2.00. The predicted molar refractivity (Wildman–Crippen MR) is 41.2 cm³/mol. The molecule has 0 aliphatic rings. The van der Waals surface area contributed by atoms with Crippen LogP contribution < -0.4 is 10.9 Å². The van der Waals surface area contributed by atoms with E-state index in [0.717, 1.165) is 6.54 Å². The van der Waals surface area contributed by atoms with Gasteiger partial charge in [-0.2, -0.15) is 0 Å². The monoisotopic (exact) mass is 130 g/mol. The fourth-order valence-corrected chi connectivity index (χ4v) is 0.765. The summed E-state index contributed by atoms with van der Waals surface area (Å²) in [6.45, 7) is 3.32. The molecule has 0 aromatic carbocycles. The Kier molecular flexibility index (Phi) is 7.85. The third-order valence-electron chi connectivity index (χ3n) is 1.33. The molecule has 0 bridgehead atoms. The van der Waals surface area contributed by atoms with Crippen molar-refractivity contribution in [2.75, 3.05) is 13.6 Å². The zero-order valence-corrected chi connectivity index (χ0v) is 6.54. The van der Waals surface area contributed by atoms with E-state index in [9.17, 15) is 0 Å². The molecule has 0 unspecified atom stereocenters. The number of rotatable bonds is 6. The summed E-state index contributed by atoms with van der Waals surface area (Å²) >= 11 is 0. The Bertz CT molecular complexity index is 40.2. The van der Waals surface area contributed by atoms with Crippen LogP contribution in [-0.4, -0.2) is 13.6 Å². The summed E-state index contributed by atoms with van der Waals surface area (Å²) in [4.78, 5) is 0. The summed E-state index contributed by atoms with van der Waals surface area (Å²) < 4.78 is 0. The molecule has 0 rings (SSSR count). The van der Waals surface area contributed by atoms with Gasteiger partial charge in [-0.25, -0.2) is 0 Å². The normalized spacial score (nSPS) is 10.0. The molecule has 0 heterocycles. The Labute approximate surface area is 58.0 Å². The minimum atomic E-state index is 1.09. The second-order valence-corrected chi connectivity index (χ2v) is 2.24. The van der Waals surface area contributed by atoms with E-state index in [1.165, 1.54) is 25.7 Å². The van der Waals surface area contributed by atoms with E-state index in [0.29, 0.717) is 0 Å². The van der Waals surface area contributed by atoms with E-state index >= 15 is 0 Å². The van der Waals surface area contributed by atoms with Crippen LogP contribution in [0.15, 0.2) is 0 Å². The Hall–Kier alpha value is -0.0800. The van der Waals surface area contributed by atoms with Gasteiger partial charge in [0.05, 0.1) is 0 Å². The molecule has 0 aliphatic heterocycles. The molecule has 0 spiro atoms. The summed E-state index contributed by atoms with van der Waals surface area (Å²) in [6.07, 6.45) is 5.32. The molecule has 0 atom stereocenters. The van der Waals surface area contributed by atoms with Crippen molar-refractivity contribution >= 4 is 0 Å².